The van der Waals surface area contributed by atoms with Gasteiger partial charge in [0.05, 0.1) is 6.20 Å². The van der Waals surface area contributed by atoms with Gasteiger partial charge in [-0.25, -0.2) is 4.98 Å². The molecule has 1 unspecified atom stereocenters. The van der Waals surface area contributed by atoms with Gasteiger partial charge in [-0.05, 0) is 43.0 Å². The molecule has 0 bridgehead atoms. The van der Waals surface area contributed by atoms with Crippen LogP contribution in [-0.2, 0) is 0 Å². The molecule has 0 N–H and O–H groups in total. The van der Waals surface area contributed by atoms with E-state index in [-0.39, 0.29) is 11.8 Å². The molecule has 0 saturated carbocycles. The van der Waals surface area contributed by atoms with Crippen LogP contribution in [0.1, 0.15) is 40.6 Å². The average Bonchev–Trinajstić information content (AvgIpc) is 2.74. The summed E-state index contributed by atoms with van der Waals surface area (Å²) >= 11 is 0. The lowest BCUT2D eigenvalue weighted by Crippen LogP contribution is -2.39. The van der Waals surface area contributed by atoms with Gasteiger partial charge in [-0.2, -0.15) is 0 Å². The fourth-order valence-electron chi connectivity index (χ4n) is 3.68. The molecule has 1 fully saturated rings. The van der Waals surface area contributed by atoms with E-state index in [1.165, 1.54) is 17.3 Å². The van der Waals surface area contributed by atoms with Crippen molar-refractivity contribution in [1.82, 2.24) is 19.9 Å². The highest BCUT2D eigenvalue weighted by Crippen LogP contribution is 2.30. The molecule has 3 aromatic rings. The van der Waals surface area contributed by atoms with Crippen molar-refractivity contribution < 1.29 is 4.79 Å². The van der Waals surface area contributed by atoms with E-state index in [2.05, 4.69) is 34.2 Å². The zero-order chi connectivity index (χ0) is 18.6. The zero-order valence-electron chi connectivity index (χ0n) is 15.4. The van der Waals surface area contributed by atoms with Crippen molar-refractivity contribution in [3.05, 3.63) is 78.1 Å². The van der Waals surface area contributed by atoms with E-state index in [0.29, 0.717) is 12.2 Å². The van der Waals surface area contributed by atoms with Crippen LogP contribution in [0.4, 0.5) is 0 Å². The molecule has 27 heavy (non-hydrogen) atoms. The summed E-state index contributed by atoms with van der Waals surface area (Å²) in [5.74, 6) is 0.186. The first-order chi connectivity index (χ1) is 13.2. The monoisotopic (exact) mass is 358 g/mol. The first-order valence-electron chi connectivity index (χ1n) is 9.30. The van der Waals surface area contributed by atoms with Crippen molar-refractivity contribution >= 4 is 5.91 Å². The second-order valence-corrected chi connectivity index (χ2v) is 6.97. The minimum absolute atomic E-state index is 0.0521. The predicted octanol–water partition coefficient (Wildman–Crippen LogP) is 3.87. The Hall–Kier alpha value is -3.08. The van der Waals surface area contributed by atoms with E-state index in [1.807, 2.05) is 30.0 Å². The van der Waals surface area contributed by atoms with E-state index in [9.17, 15) is 4.79 Å². The molecule has 0 spiro atoms. The lowest BCUT2D eigenvalue weighted by Gasteiger charge is -2.32. The number of carbonyl (C=O) groups is 1. The van der Waals surface area contributed by atoms with E-state index in [1.54, 1.807) is 12.4 Å². The number of amides is 1. The molecule has 5 heteroatoms. The smallest absolute Gasteiger partial charge is 0.274 e. The van der Waals surface area contributed by atoms with Crippen LogP contribution < -0.4 is 0 Å². The van der Waals surface area contributed by atoms with Crippen LogP contribution >= 0.6 is 0 Å². The number of rotatable bonds is 3. The van der Waals surface area contributed by atoms with Gasteiger partial charge in [-0.15, -0.1) is 0 Å². The SMILES string of the molecule is Cc1cc(-c2ccccc2)cc(C2CCCN(C(=O)c3cnccn3)C2)n1. The maximum absolute atomic E-state index is 12.7. The third-order valence-corrected chi connectivity index (χ3v) is 4.99. The number of hydrogen-bond donors (Lipinski definition) is 0. The number of carbonyl (C=O) groups excluding carboxylic acids is 1. The Morgan fingerprint density at radius 2 is 1.96 bits per heavy atom. The molecule has 136 valence electrons. The van der Waals surface area contributed by atoms with E-state index < -0.39 is 0 Å². The van der Waals surface area contributed by atoms with Crippen molar-refractivity contribution in [1.29, 1.82) is 0 Å². The highest BCUT2D eigenvalue weighted by Gasteiger charge is 2.27. The maximum Gasteiger partial charge on any atom is 0.274 e. The lowest BCUT2D eigenvalue weighted by atomic mass is 9.92. The van der Waals surface area contributed by atoms with Crippen LogP contribution in [0.3, 0.4) is 0 Å². The van der Waals surface area contributed by atoms with Crippen molar-refractivity contribution in [3.8, 4) is 11.1 Å². The summed E-state index contributed by atoms with van der Waals surface area (Å²) in [7, 11) is 0. The van der Waals surface area contributed by atoms with E-state index in [0.717, 1.165) is 30.8 Å². The number of nitrogens with zero attached hydrogens (tertiary/aromatic N) is 4. The van der Waals surface area contributed by atoms with Crippen LogP contribution in [0, 0.1) is 6.92 Å². The third kappa shape index (κ3) is 3.87. The summed E-state index contributed by atoms with van der Waals surface area (Å²) in [5, 5.41) is 0. The second-order valence-electron chi connectivity index (χ2n) is 6.97. The molecule has 1 atom stereocenters. The Balaban J connectivity index is 1.58. The molecule has 1 aliphatic rings. The summed E-state index contributed by atoms with van der Waals surface area (Å²) in [6.45, 7) is 3.45. The molecule has 5 nitrogen and oxygen atoms in total. The average molecular weight is 358 g/mol. The molecule has 0 aliphatic carbocycles. The molecular weight excluding hydrogens is 336 g/mol. The number of benzene rings is 1. The lowest BCUT2D eigenvalue weighted by molar-refractivity contribution is 0.0699. The van der Waals surface area contributed by atoms with Crippen LogP contribution in [0.2, 0.25) is 0 Å². The molecule has 1 aromatic carbocycles. The molecular formula is C22H22N4O. The second kappa shape index (κ2) is 7.66. The first-order valence-corrected chi connectivity index (χ1v) is 9.30. The number of piperidine rings is 1. The number of aryl methyl sites for hydroxylation is 1. The summed E-state index contributed by atoms with van der Waals surface area (Å²) < 4.78 is 0. The summed E-state index contributed by atoms with van der Waals surface area (Å²) in [4.78, 5) is 27.6. The van der Waals surface area contributed by atoms with Crippen molar-refractivity contribution in [2.24, 2.45) is 0 Å². The number of likely N-dealkylation sites (tertiary alicyclic amines) is 1. The molecule has 1 amide bonds. The highest BCUT2D eigenvalue weighted by molar-refractivity contribution is 5.92. The standard InChI is InChI=1S/C22H22N4O/c1-16-12-19(17-6-3-2-4-7-17)13-20(25-16)18-8-5-11-26(15-18)22(27)21-14-23-9-10-24-21/h2-4,6-7,9-10,12-14,18H,5,8,11,15H2,1H3. The number of aromatic nitrogens is 3. The van der Waals surface area contributed by atoms with Crippen LogP contribution in [0.5, 0.6) is 0 Å². The first kappa shape index (κ1) is 17.3. The molecule has 3 heterocycles. The molecule has 2 aromatic heterocycles. The Morgan fingerprint density at radius 3 is 2.74 bits per heavy atom. The summed E-state index contributed by atoms with van der Waals surface area (Å²) in [6, 6.07) is 14.6. The minimum atomic E-state index is -0.0521. The van der Waals surface area contributed by atoms with Gasteiger partial charge in [0.15, 0.2) is 0 Å². The zero-order valence-corrected chi connectivity index (χ0v) is 15.4. The van der Waals surface area contributed by atoms with Crippen molar-refractivity contribution in [3.63, 3.8) is 0 Å². The van der Waals surface area contributed by atoms with Gasteiger partial charge in [0.2, 0.25) is 0 Å². The molecule has 0 radical (unpaired) electrons. The summed E-state index contributed by atoms with van der Waals surface area (Å²) in [6.07, 6.45) is 6.67. The Labute approximate surface area is 159 Å². The predicted molar refractivity (Wildman–Crippen MR) is 104 cm³/mol. The highest BCUT2D eigenvalue weighted by atomic mass is 16.2. The largest absolute Gasteiger partial charge is 0.337 e. The van der Waals surface area contributed by atoms with Crippen LogP contribution in [0.25, 0.3) is 11.1 Å². The van der Waals surface area contributed by atoms with Gasteiger partial charge in [0, 0.05) is 42.8 Å². The number of hydrogen-bond acceptors (Lipinski definition) is 4. The molecule has 4 rings (SSSR count). The van der Waals surface area contributed by atoms with Gasteiger partial charge in [0.1, 0.15) is 5.69 Å². The van der Waals surface area contributed by atoms with Gasteiger partial charge in [-0.3, -0.25) is 14.8 Å². The number of pyridine rings is 1. The fourth-order valence-corrected chi connectivity index (χ4v) is 3.68. The summed E-state index contributed by atoms with van der Waals surface area (Å²) in [5.41, 5.74) is 4.83. The maximum atomic E-state index is 12.7. The van der Waals surface area contributed by atoms with Gasteiger partial charge >= 0.3 is 0 Å². The van der Waals surface area contributed by atoms with Crippen molar-refractivity contribution in [2.75, 3.05) is 13.1 Å². The van der Waals surface area contributed by atoms with Crippen LogP contribution in [0.15, 0.2) is 61.1 Å². The topological polar surface area (TPSA) is 59.0 Å². The fraction of sp³-hybridized carbons (Fsp3) is 0.273. The van der Waals surface area contributed by atoms with Gasteiger partial charge < -0.3 is 4.90 Å². The Bertz CT molecular complexity index is 928. The van der Waals surface area contributed by atoms with Crippen molar-refractivity contribution in [2.45, 2.75) is 25.7 Å². The molecule has 1 aliphatic heterocycles. The molecule has 1 saturated heterocycles. The normalized spacial score (nSPS) is 16.9. The van der Waals surface area contributed by atoms with E-state index >= 15 is 0 Å². The minimum Gasteiger partial charge on any atom is -0.337 e. The van der Waals surface area contributed by atoms with Crippen LogP contribution in [-0.4, -0.2) is 38.8 Å². The van der Waals surface area contributed by atoms with E-state index in [4.69, 9.17) is 4.98 Å². The van der Waals surface area contributed by atoms with Gasteiger partial charge in [-0.1, -0.05) is 30.3 Å². The Kier molecular flexibility index (Phi) is 4.92. The van der Waals surface area contributed by atoms with Gasteiger partial charge in [0.25, 0.3) is 5.91 Å². The third-order valence-electron chi connectivity index (χ3n) is 4.99. The Morgan fingerprint density at radius 1 is 1.11 bits per heavy atom. The quantitative estimate of drug-likeness (QED) is 0.713.